The quantitative estimate of drug-likeness (QED) is 0.495. The van der Waals surface area contributed by atoms with Gasteiger partial charge in [0.1, 0.15) is 0 Å². The van der Waals surface area contributed by atoms with E-state index in [-0.39, 0.29) is 18.2 Å². The second kappa shape index (κ2) is 5.19. The van der Waals surface area contributed by atoms with Gasteiger partial charge in [0.05, 0.1) is 5.25 Å². The van der Waals surface area contributed by atoms with E-state index in [2.05, 4.69) is 12.6 Å². The summed E-state index contributed by atoms with van der Waals surface area (Å²) >= 11 is 3.95. The summed E-state index contributed by atoms with van der Waals surface area (Å²) in [5.74, 6) is -0.261. The molecule has 70 valence electrons. The first kappa shape index (κ1) is 11.5. The first-order valence-corrected chi connectivity index (χ1v) is 4.70. The predicted molar refractivity (Wildman–Crippen MR) is 51.1 cm³/mol. The molecule has 4 heteroatoms. The number of carbonyl (C=O) groups excluding carboxylic acids is 2. The van der Waals surface area contributed by atoms with Gasteiger partial charge in [-0.25, -0.2) is 0 Å². The van der Waals surface area contributed by atoms with Crippen molar-refractivity contribution in [2.24, 2.45) is 0 Å². The number of imide groups is 1. The summed E-state index contributed by atoms with van der Waals surface area (Å²) in [6.45, 7) is 6.25. The lowest BCUT2D eigenvalue weighted by Crippen LogP contribution is -2.30. The Hall–Kier alpha value is -0.510. The van der Waals surface area contributed by atoms with Gasteiger partial charge in [-0.15, -0.1) is 0 Å². The molecule has 0 aromatic rings. The number of likely N-dealkylation sites (tertiary alicyclic amines) is 1. The molecule has 1 fully saturated rings. The van der Waals surface area contributed by atoms with Crippen LogP contribution in [0.25, 0.3) is 0 Å². The normalized spacial score (nSPS) is 22.3. The zero-order valence-corrected chi connectivity index (χ0v) is 8.60. The third-order valence-corrected chi connectivity index (χ3v) is 1.94. The molecule has 0 saturated carbocycles. The highest BCUT2D eigenvalue weighted by Gasteiger charge is 2.34. The van der Waals surface area contributed by atoms with Crippen LogP contribution >= 0.6 is 12.6 Å². The monoisotopic (exact) mass is 189 g/mol. The van der Waals surface area contributed by atoms with Crippen LogP contribution in [-0.2, 0) is 9.59 Å². The summed E-state index contributed by atoms with van der Waals surface area (Å²) in [6, 6.07) is 0. The molecule has 0 aliphatic carbocycles. The van der Waals surface area contributed by atoms with Crippen LogP contribution in [-0.4, -0.2) is 28.5 Å². The Morgan fingerprint density at radius 2 is 2.00 bits per heavy atom. The van der Waals surface area contributed by atoms with E-state index in [1.165, 1.54) is 4.90 Å². The topological polar surface area (TPSA) is 37.4 Å². The molecule has 1 saturated heterocycles. The molecule has 1 rings (SSSR count). The summed E-state index contributed by atoms with van der Waals surface area (Å²) in [5.41, 5.74) is 0. The van der Waals surface area contributed by atoms with Gasteiger partial charge < -0.3 is 0 Å². The third-order valence-electron chi connectivity index (χ3n) is 1.54. The Kier molecular flexibility index (Phi) is 4.97. The molecule has 0 spiro atoms. The van der Waals surface area contributed by atoms with Gasteiger partial charge in [0, 0.05) is 13.0 Å². The van der Waals surface area contributed by atoms with E-state index in [0.717, 1.165) is 0 Å². The first-order valence-electron chi connectivity index (χ1n) is 4.19. The zero-order chi connectivity index (χ0) is 9.72. The SMILES string of the molecule is CC.CCN1C(=O)CC(S)C1=O. The van der Waals surface area contributed by atoms with Crippen molar-refractivity contribution in [3.8, 4) is 0 Å². The molecular formula is C8H15NO2S. The van der Waals surface area contributed by atoms with E-state index in [4.69, 9.17) is 0 Å². The van der Waals surface area contributed by atoms with Crippen LogP contribution < -0.4 is 0 Å². The molecule has 0 bridgehead atoms. The van der Waals surface area contributed by atoms with Crippen molar-refractivity contribution in [3.05, 3.63) is 0 Å². The van der Waals surface area contributed by atoms with Crippen LogP contribution in [0.2, 0.25) is 0 Å². The fourth-order valence-corrected chi connectivity index (χ4v) is 1.29. The first-order chi connectivity index (χ1) is 5.66. The van der Waals surface area contributed by atoms with Gasteiger partial charge >= 0.3 is 0 Å². The largest absolute Gasteiger partial charge is 0.282 e. The maximum Gasteiger partial charge on any atom is 0.242 e. The molecular weight excluding hydrogens is 174 g/mol. The molecule has 2 amide bonds. The minimum atomic E-state index is -0.396. The van der Waals surface area contributed by atoms with Gasteiger partial charge in [-0.1, -0.05) is 13.8 Å². The van der Waals surface area contributed by atoms with Crippen molar-refractivity contribution in [2.45, 2.75) is 32.4 Å². The Bertz CT molecular complexity index is 182. The van der Waals surface area contributed by atoms with Gasteiger partial charge in [-0.3, -0.25) is 14.5 Å². The Morgan fingerprint density at radius 3 is 2.17 bits per heavy atom. The maximum atomic E-state index is 11.0. The van der Waals surface area contributed by atoms with Gasteiger partial charge in [0.15, 0.2) is 0 Å². The molecule has 0 aromatic carbocycles. The van der Waals surface area contributed by atoms with E-state index >= 15 is 0 Å². The average Bonchev–Trinajstić information content (AvgIpc) is 2.31. The molecule has 12 heavy (non-hydrogen) atoms. The van der Waals surface area contributed by atoms with Crippen molar-refractivity contribution < 1.29 is 9.59 Å². The highest BCUT2D eigenvalue weighted by atomic mass is 32.1. The summed E-state index contributed by atoms with van der Waals surface area (Å²) in [6.07, 6.45) is 0.260. The van der Waals surface area contributed by atoms with Gasteiger partial charge in [0.25, 0.3) is 0 Å². The third kappa shape index (κ3) is 2.24. The fraction of sp³-hybridized carbons (Fsp3) is 0.750. The standard InChI is InChI=1S/C6H9NO2S.C2H6/c1-2-7-5(8)3-4(10)6(7)9;1-2/h4,10H,2-3H2,1H3;1-2H3. The van der Waals surface area contributed by atoms with Gasteiger partial charge in [-0.2, -0.15) is 12.6 Å². The molecule has 0 radical (unpaired) electrons. The van der Waals surface area contributed by atoms with Crippen LogP contribution in [0, 0.1) is 0 Å². The van der Waals surface area contributed by atoms with Crippen LogP contribution in [0.3, 0.4) is 0 Å². The lowest BCUT2D eigenvalue weighted by atomic mass is 10.4. The number of hydrogen-bond acceptors (Lipinski definition) is 3. The molecule has 1 atom stereocenters. The van der Waals surface area contributed by atoms with Crippen LogP contribution in [0.5, 0.6) is 0 Å². The summed E-state index contributed by atoms with van der Waals surface area (Å²) < 4.78 is 0. The van der Waals surface area contributed by atoms with Crippen molar-refractivity contribution in [1.82, 2.24) is 4.90 Å². The fourth-order valence-electron chi connectivity index (χ4n) is 0.998. The minimum Gasteiger partial charge on any atom is -0.282 e. The lowest BCUT2D eigenvalue weighted by Gasteiger charge is -2.08. The van der Waals surface area contributed by atoms with Crippen molar-refractivity contribution in [1.29, 1.82) is 0 Å². The molecule has 1 aliphatic rings. The zero-order valence-electron chi connectivity index (χ0n) is 7.70. The highest BCUT2D eigenvalue weighted by Crippen LogP contribution is 2.16. The van der Waals surface area contributed by atoms with Crippen molar-refractivity contribution in [3.63, 3.8) is 0 Å². The van der Waals surface area contributed by atoms with E-state index in [1.54, 1.807) is 6.92 Å². The lowest BCUT2D eigenvalue weighted by molar-refractivity contribution is -0.137. The summed E-state index contributed by atoms with van der Waals surface area (Å²) in [4.78, 5) is 23.1. The molecule has 0 aromatic heterocycles. The number of nitrogens with zero attached hydrogens (tertiary/aromatic N) is 1. The molecule has 3 nitrogen and oxygen atoms in total. The smallest absolute Gasteiger partial charge is 0.242 e. The predicted octanol–water partition coefficient (Wildman–Crippen LogP) is 1.09. The maximum absolute atomic E-state index is 11.0. The number of thiol groups is 1. The van der Waals surface area contributed by atoms with Gasteiger partial charge in [-0.05, 0) is 6.92 Å². The minimum absolute atomic E-state index is 0.104. The van der Waals surface area contributed by atoms with Crippen LogP contribution in [0.15, 0.2) is 0 Å². The van der Waals surface area contributed by atoms with E-state index in [9.17, 15) is 9.59 Å². The molecule has 1 unspecified atom stereocenters. The molecule has 1 heterocycles. The van der Waals surface area contributed by atoms with Gasteiger partial charge in [0.2, 0.25) is 11.8 Å². The van der Waals surface area contributed by atoms with E-state index < -0.39 is 5.25 Å². The summed E-state index contributed by atoms with van der Waals surface area (Å²) in [7, 11) is 0. The second-order valence-corrected chi connectivity index (χ2v) is 2.82. The van der Waals surface area contributed by atoms with Crippen molar-refractivity contribution in [2.75, 3.05) is 6.54 Å². The molecule has 0 N–H and O–H groups in total. The highest BCUT2D eigenvalue weighted by molar-refractivity contribution is 7.81. The number of rotatable bonds is 1. The van der Waals surface area contributed by atoms with Crippen LogP contribution in [0.4, 0.5) is 0 Å². The Morgan fingerprint density at radius 1 is 1.50 bits per heavy atom. The van der Waals surface area contributed by atoms with Crippen molar-refractivity contribution >= 4 is 24.4 Å². The average molecular weight is 189 g/mol. The number of carbonyl (C=O) groups is 2. The van der Waals surface area contributed by atoms with E-state index in [1.807, 2.05) is 13.8 Å². The summed E-state index contributed by atoms with van der Waals surface area (Å²) in [5, 5.41) is -0.396. The number of hydrogen-bond donors (Lipinski definition) is 1. The van der Waals surface area contributed by atoms with Crippen LogP contribution in [0.1, 0.15) is 27.2 Å². The molecule has 1 aliphatic heterocycles. The Balaban J connectivity index is 0.000000561. The Labute approximate surface area is 78.5 Å². The van der Waals surface area contributed by atoms with E-state index in [0.29, 0.717) is 6.54 Å². The number of amides is 2. The second-order valence-electron chi connectivity index (χ2n) is 2.20.